The van der Waals surface area contributed by atoms with Gasteiger partial charge in [0.1, 0.15) is 0 Å². The Morgan fingerprint density at radius 2 is 1.19 bits per heavy atom. The molecule has 1 unspecified atom stereocenters. The first-order valence-corrected chi connectivity index (χ1v) is 13.5. The maximum atomic E-state index is 13.5. The third kappa shape index (κ3) is 6.07. The Bertz CT molecular complexity index is 1270. The van der Waals surface area contributed by atoms with Crippen LogP contribution >= 0.6 is 23.2 Å². The Labute approximate surface area is 229 Å². The molecule has 0 N–H and O–H groups in total. The van der Waals surface area contributed by atoms with E-state index in [0.29, 0.717) is 29.6 Å². The van der Waals surface area contributed by atoms with E-state index >= 15 is 0 Å². The molecule has 4 aromatic carbocycles. The molecular weight excluding hydrogens is 499 g/mol. The van der Waals surface area contributed by atoms with E-state index in [1.165, 1.54) is 16.7 Å². The van der Waals surface area contributed by atoms with Gasteiger partial charge in [0, 0.05) is 48.6 Å². The van der Waals surface area contributed by atoms with Crippen LogP contribution in [0, 0.1) is 0 Å². The lowest BCUT2D eigenvalue weighted by atomic mass is 9.88. The summed E-state index contributed by atoms with van der Waals surface area (Å²) in [5.74, 6) is 0.232. The molecule has 1 fully saturated rings. The van der Waals surface area contributed by atoms with Crippen molar-refractivity contribution >= 4 is 29.1 Å². The zero-order chi connectivity index (χ0) is 25.6. The number of benzene rings is 4. The van der Waals surface area contributed by atoms with E-state index in [0.717, 1.165) is 18.7 Å². The monoisotopic (exact) mass is 528 g/mol. The third-order valence-corrected chi connectivity index (χ3v) is 7.75. The van der Waals surface area contributed by atoms with Crippen LogP contribution in [0.2, 0.25) is 10.0 Å². The van der Waals surface area contributed by atoms with Crippen molar-refractivity contribution in [3.8, 4) is 0 Å². The Balaban J connectivity index is 1.32. The van der Waals surface area contributed by atoms with Crippen LogP contribution in [0.3, 0.4) is 0 Å². The molecule has 0 radical (unpaired) electrons. The van der Waals surface area contributed by atoms with E-state index in [2.05, 4.69) is 53.4 Å². The first-order chi connectivity index (χ1) is 18.1. The van der Waals surface area contributed by atoms with Crippen molar-refractivity contribution in [1.82, 2.24) is 9.80 Å². The van der Waals surface area contributed by atoms with E-state index in [9.17, 15) is 4.79 Å². The van der Waals surface area contributed by atoms with Crippen molar-refractivity contribution in [2.45, 2.75) is 18.4 Å². The SMILES string of the molecule is O=C(CC(c1ccccc1)c1ccccc1)N1CCN(C(c2ccccc2)c2ccc(Cl)cc2Cl)CC1. The first-order valence-electron chi connectivity index (χ1n) is 12.7. The number of carbonyl (C=O) groups is 1. The van der Waals surface area contributed by atoms with E-state index in [1.54, 1.807) is 0 Å². The van der Waals surface area contributed by atoms with Gasteiger partial charge in [0.25, 0.3) is 0 Å². The van der Waals surface area contributed by atoms with Crippen LogP contribution in [0.15, 0.2) is 109 Å². The molecule has 5 rings (SSSR count). The highest BCUT2D eigenvalue weighted by molar-refractivity contribution is 6.35. The second kappa shape index (κ2) is 12.0. The Hall–Kier alpha value is -3.11. The molecule has 1 saturated heterocycles. The van der Waals surface area contributed by atoms with Gasteiger partial charge in [-0.3, -0.25) is 9.69 Å². The van der Waals surface area contributed by atoms with Crippen molar-refractivity contribution < 1.29 is 4.79 Å². The zero-order valence-electron chi connectivity index (χ0n) is 20.6. The first kappa shape index (κ1) is 25.5. The number of piperazine rings is 1. The van der Waals surface area contributed by atoms with Crippen molar-refractivity contribution in [3.05, 3.63) is 141 Å². The summed E-state index contributed by atoms with van der Waals surface area (Å²) in [6.45, 7) is 2.91. The van der Waals surface area contributed by atoms with Crippen LogP contribution in [0.1, 0.15) is 40.6 Å². The summed E-state index contributed by atoms with van der Waals surface area (Å²) in [6, 6.07) is 36.8. The molecule has 0 aromatic heterocycles. The highest BCUT2D eigenvalue weighted by Gasteiger charge is 2.30. The topological polar surface area (TPSA) is 23.6 Å². The van der Waals surface area contributed by atoms with Crippen molar-refractivity contribution in [3.63, 3.8) is 0 Å². The average Bonchev–Trinajstić information content (AvgIpc) is 2.95. The maximum Gasteiger partial charge on any atom is 0.223 e. The van der Waals surface area contributed by atoms with Gasteiger partial charge in [0.05, 0.1) is 6.04 Å². The summed E-state index contributed by atoms with van der Waals surface area (Å²) in [5.41, 5.74) is 4.55. The second-order valence-corrected chi connectivity index (χ2v) is 10.3. The summed E-state index contributed by atoms with van der Waals surface area (Å²) < 4.78 is 0. The normalized spacial score (nSPS) is 15.1. The highest BCUT2D eigenvalue weighted by Crippen LogP contribution is 2.36. The number of amides is 1. The van der Waals surface area contributed by atoms with Gasteiger partial charge in [0.2, 0.25) is 5.91 Å². The van der Waals surface area contributed by atoms with Gasteiger partial charge in [-0.05, 0) is 34.4 Å². The fraction of sp³-hybridized carbons (Fsp3) is 0.219. The third-order valence-electron chi connectivity index (χ3n) is 7.19. The standard InChI is InChI=1S/C32H30Cl2N2O/c33-27-16-17-28(30(34)22-27)32(26-14-8-3-9-15-26)36-20-18-35(19-21-36)31(37)23-29(24-10-4-1-5-11-24)25-12-6-2-7-13-25/h1-17,22,29,32H,18-21,23H2. The minimum atomic E-state index is 0.00426. The summed E-state index contributed by atoms with van der Waals surface area (Å²) in [6.07, 6.45) is 0.457. The van der Waals surface area contributed by atoms with Gasteiger partial charge in [-0.25, -0.2) is 0 Å². The molecule has 188 valence electrons. The van der Waals surface area contributed by atoms with E-state index in [4.69, 9.17) is 23.2 Å². The smallest absolute Gasteiger partial charge is 0.223 e. The minimum Gasteiger partial charge on any atom is -0.340 e. The Kier molecular flexibility index (Phi) is 8.25. The molecule has 1 atom stereocenters. The van der Waals surface area contributed by atoms with Crippen LogP contribution in [-0.2, 0) is 4.79 Å². The molecule has 5 heteroatoms. The number of hydrogen-bond acceptors (Lipinski definition) is 2. The molecule has 1 aliphatic heterocycles. The average molecular weight is 530 g/mol. The van der Waals surface area contributed by atoms with Crippen molar-refractivity contribution in [2.75, 3.05) is 26.2 Å². The largest absolute Gasteiger partial charge is 0.340 e. The minimum absolute atomic E-state index is 0.00426. The number of carbonyl (C=O) groups excluding carboxylic acids is 1. The number of rotatable bonds is 7. The highest BCUT2D eigenvalue weighted by atomic mass is 35.5. The number of hydrogen-bond donors (Lipinski definition) is 0. The number of nitrogens with zero attached hydrogens (tertiary/aromatic N) is 2. The van der Waals surface area contributed by atoms with E-state index < -0.39 is 0 Å². The molecule has 37 heavy (non-hydrogen) atoms. The zero-order valence-corrected chi connectivity index (χ0v) is 22.2. The molecule has 1 aliphatic rings. The molecule has 3 nitrogen and oxygen atoms in total. The van der Waals surface area contributed by atoms with Gasteiger partial charge in [-0.15, -0.1) is 0 Å². The summed E-state index contributed by atoms with van der Waals surface area (Å²) in [4.78, 5) is 18.0. The summed E-state index contributed by atoms with van der Waals surface area (Å²) in [5, 5.41) is 1.29. The quantitative estimate of drug-likeness (QED) is 0.248. The fourth-order valence-corrected chi connectivity index (χ4v) is 5.79. The lowest BCUT2D eigenvalue weighted by Crippen LogP contribution is -2.50. The van der Waals surface area contributed by atoms with Gasteiger partial charge >= 0.3 is 0 Å². The Morgan fingerprint density at radius 1 is 0.676 bits per heavy atom. The van der Waals surface area contributed by atoms with Gasteiger partial charge < -0.3 is 4.90 Å². The molecular formula is C32H30Cl2N2O. The van der Waals surface area contributed by atoms with Crippen LogP contribution in [0.4, 0.5) is 0 Å². The fourth-order valence-electron chi connectivity index (χ4n) is 5.28. The lowest BCUT2D eigenvalue weighted by molar-refractivity contribution is -0.133. The molecule has 1 heterocycles. The molecule has 0 spiro atoms. The molecule has 0 saturated carbocycles. The summed E-state index contributed by atoms with van der Waals surface area (Å²) >= 11 is 12.9. The summed E-state index contributed by atoms with van der Waals surface area (Å²) in [7, 11) is 0. The Morgan fingerprint density at radius 3 is 1.70 bits per heavy atom. The lowest BCUT2D eigenvalue weighted by Gasteiger charge is -2.40. The second-order valence-electron chi connectivity index (χ2n) is 9.47. The van der Waals surface area contributed by atoms with Gasteiger partial charge in [-0.1, -0.05) is 120 Å². The number of halogens is 2. The van der Waals surface area contributed by atoms with Crippen LogP contribution in [0.5, 0.6) is 0 Å². The van der Waals surface area contributed by atoms with Crippen LogP contribution < -0.4 is 0 Å². The molecule has 0 bridgehead atoms. The van der Waals surface area contributed by atoms with Crippen LogP contribution in [0.25, 0.3) is 0 Å². The molecule has 4 aromatic rings. The van der Waals surface area contributed by atoms with E-state index in [-0.39, 0.29) is 17.9 Å². The molecule has 0 aliphatic carbocycles. The predicted molar refractivity (Wildman–Crippen MR) is 152 cm³/mol. The van der Waals surface area contributed by atoms with Gasteiger partial charge in [-0.2, -0.15) is 0 Å². The van der Waals surface area contributed by atoms with Crippen LogP contribution in [-0.4, -0.2) is 41.9 Å². The predicted octanol–water partition coefficient (Wildman–Crippen LogP) is 7.45. The van der Waals surface area contributed by atoms with Gasteiger partial charge in [0.15, 0.2) is 0 Å². The molecule has 1 amide bonds. The van der Waals surface area contributed by atoms with Crippen molar-refractivity contribution in [2.24, 2.45) is 0 Å². The van der Waals surface area contributed by atoms with Crippen molar-refractivity contribution in [1.29, 1.82) is 0 Å². The van der Waals surface area contributed by atoms with E-state index in [1.807, 2.05) is 65.6 Å². The maximum absolute atomic E-state index is 13.5.